The molecule has 0 radical (unpaired) electrons. The van der Waals surface area contributed by atoms with Gasteiger partial charge in [-0.2, -0.15) is 0 Å². The van der Waals surface area contributed by atoms with Crippen LogP contribution in [0.15, 0.2) is 29.2 Å². The number of nitrogens with zero attached hydrogens (tertiary/aromatic N) is 2. The predicted octanol–water partition coefficient (Wildman–Crippen LogP) is 2.03. The molecule has 6 nitrogen and oxygen atoms in total. The number of thioether (sulfide) groups is 1. The van der Waals surface area contributed by atoms with Crippen molar-refractivity contribution in [1.29, 1.82) is 0 Å². The SMILES string of the molecule is O=C(NC1CCN(C(=O)CCN2C(=O)CSc3ccccc32)CC1)C1CC1. The van der Waals surface area contributed by atoms with Gasteiger partial charge in [0.15, 0.2) is 0 Å². The standard InChI is InChI=1S/C20H25N3O3S/c24-18(22-10-7-15(8-11-22)21-20(26)14-5-6-14)9-12-23-16-3-1-2-4-17(16)27-13-19(23)25/h1-4,14-15H,5-13H2,(H,21,26). The first-order valence-electron chi connectivity index (χ1n) is 9.72. The molecule has 2 heterocycles. The van der Waals surface area contributed by atoms with E-state index in [9.17, 15) is 14.4 Å². The summed E-state index contributed by atoms with van der Waals surface area (Å²) in [6, 6.07) is 8.04. The number of para-hydroxylation sites is 1. The number of benzene rings is 1. The molecule has 0 spiro atoms. The van der Waals surface area contributed by atoms with Crippen LogP contribution in [0, 0.1) is 5.92 Å². The molecule has 1 N–H and O–H groups in total. The number of piperidine rings is 1. The molecule has 3 amide bonds. The third-order valence-corrected chi connectivity index (χ3v) is 6.55. The number of hydrogen-bond donors (Lipinski definition) is 1. The maximum absolute atomic E-state index is 12.6. The Kier molecular flexibility index (Phi) is 5.38. The highest BCUT2D eigenvalue weighted by Gasteiger charge is 2.32. The van der Waals surface area contributed by atoms with Gasteiger partial charge in [0.1, 0.15) is 0 Å². The zero-order valence-corrected chi connectivity index (χ0v) is 16.2. The van der Waals surface area contributed by atoms with E-state index in [-0.39, 0.29) is 29.7 Å². The Morgan fingerprint density at radius 1 is 1.11 bits per heavy atom. The summed E-state index contributed by atoms with van der Waals surface area (Å²) in [6.07, 6.45) is 3.99. The maximum Gasteiger partial charge on any atom is 0.237 e. The van der Waals surface area contributed by atoms with Gasteiger partial charge in [-0.3, -0.25) is 14.4 Å². The summed E-state index contributed by atoms with van der Waals surface area (Å²) < 4.78 is 0. The molecule has 27 heavy (non-hydrogen) atoms. The zero-order chi connectivity index (χ0) is 18.8. The Hall–Kier alpha value is -2.02. The van der Waals surface area contributed by atoms with Crippen LogP contribution in [-0.2, 0) is 14.4 Å². The first-order chi connectivity index (χ1) is 13.1. The molecule has 144 valence electrons. The van der Waals surface area contributed by atoms with Gasteiger partial charge in [0.05, 0.1) is 11.4 Å². The van der Waals surface area contributed by atoms with Crippen molar-refractivity contribution in [3.05, 3.63) is 24.3 Å². The summed E-state index contributed by atoms with van der Waals surface area (Å²) in [7, 11) is 0. The van der Waals surface area contributed by atoms with Gasteiger partial charge in [-0.15, -0.1) is 11.8 Å². The van der Waals surface area contributed by atoms with E-state index >= 15 is 0 Å². The number of nitrogens with one attached hydrogen (secondary N) is 1. The number of likely N-dealkylation sites (tertiary alicyclic amines) is 1. The van der Waals surface area contributed by atoms with Crippen LogP contribution < -0.4 is 10.2 Å². The Morgan fingerprint density at radius 2 is 1.85 bits per heavy atom. The average molecular weight is 388 g/mol. The second-order valence-electron chi connectivity index (χ2n) is 7.49. The van der Waals surface area contributed by atoms with E-state index in [2.05, 4.69) is 5.32 Å². The Morgan fingerprint density at radius 3 is 2.59 bits per heavy atom. The maximum atomic E-state index is 12.6. The van der Waals surface area contributed by atoms with Crippen LogP contribution in [-0.4, -0.2) is 54.1 Å². The van der Waals surface area contributed by atoms with Crippen molar-refractivity contribution >= 4 is 35.2 Å². The van der Waals surface area contributed by atoms with Gasteiger partial charge in [-0.05, 0) is 37.8 Å². The Labute approximate surface area is 163 Å². The summed E-state index contributed by atoms with van der Waals surface area (Å²) >= 11 is 1.55. The number of carbonyl (C=O) groups excluding carboxylic acids is 3. The van der Waals surface area contributed by atoms with Gasteiger partial charge in [0, 0.05) is 42.9 Å². The normalized spacial score (nSPS) is 20.4. The highest BCUT2D eigenvalue weighted by Crippen LogP contribution is 2.35. The number of carbonyl (C=O) groups is 3. The lowest BCUT2D eigenvalue weighted by Gasteiger charge is -2.33. The average Bonchev–Trinajstić information content (AvgIpc) is 3.53. The van der Waals surface area contributed by atoms with E-state index in [0.717, 1.165) is 36.3 Å². The molecule has 1 aliphatic carbocycles. The van der Waals surface area contributed by atoms with Crippen molar-refractivity contribution < 1.29 is 14.4 Å². The molecule has 0 atom stereocenters. The Balaban J connectivity index is 1.26. The molecule has 1 aromatic rings. The van der Waals surface area contributed by atoms with Gasteiger partial charge in [0.25, 0.3) is 0 Å². The summed E-state index contributed by atoms with van der Waals surface area (Å²) in [5.74, 6) is 0.989. The molecule has 4 rings (SSSR count). The smallest absolute Gasteiger partial charge is 0.237 e. The topological polar surface area (TPSA) is 69.7 Å². The molecule has 0 unspecified atom stereocenters. The minimum Gasteiger partial charge on any atom is -0.353 e. The molecule has 2 fully saturated rings. The number of fused-ring (bicyclic) bond motifs is 1. The summed E-state index contributed by atoms with van der Waals surface area (Å²) in [5, 5.41) is 3.11. The van der Waals surface area contributed by atoms with Crippen LogP contribution in [0.5, 0.6) is 0 Å². The first kappa shape index (κ1) is 18.3. The molecule has 1 saturated heterocycles. The number of hydrogen-bond acceptors (Lipinski definition) is 4. The second-order valence-corrected chi connectivity index (χ2v) is 8.51. The quantitative estimate of drug-likeness (QED) is 0.839. The fourth-order valence-corrected chi connectivity index (χ4v) is 4.64. The monoisotopic (exact) mass is 387 g/mol. The van der Waals surface area contributed by atoms with Crippen molar-refractivity contribution in [2.45, 2.75) is 43.0 Å². The molecule has 2 aliphatic heterocycles. The molecular weight excluding hydrogens is 362 g/mol. The molecule has 1 aromatic carbocycles. The lowest BCUT2D eigenvalue weighted by atomic mass is 10.0. The van der Waals surface area contributed by atoms with Crippen LogP contribution in [0.2, 0.25) is 0 Å². The molecule has 0 aromatic heterocycles. The van der Waals surface area contributed by atoms with E-state index in [4.69, 9.17) is 0 Å². The van der Waals surface area contributed by atoms with Crippen LogP contribution >= 0.6 is 11.8 Å². The minimum absolute atomic E-state index is 0.0630. The van der Waals surface area contributed by atoms with Crippen molar-refractivity contribution in [3.63, 3.8) is 0 Å². The predicted molar refractivity (Wildman–Crippen MR) is 105 cm³/mol. The van der Waals surface area contributed by atoms with E-state index in [1.807, 2.05) is 29.2 Å². The van der Waals surface area contributed by atoms with E-state index < -0.39 is 0 Å². The molecular formula is C20H25N3O3S. The van der Waals surface area contributed by atoms with E-state index in [1.165, 1.54) is 0 Å². The third kappa shape index (κ3) is 4.29. The van der Waals surface area contributed by atoms with Gasteiger partial charge in [-0.25, -0.2) is 0 Å². The van der Waals surface area contributed by atoms with E-state index in [1.54, 1.807) is 16.7 Å². The van der Waals surface area contributed by atoms with Crippen LogP contribution in [0.4, 0.5) is 5.69 Å². The van der Waals surface area contributed by atoms with Gasteiger partial charge in [-0.1, -0.05) is 12.1 Å². The fourth-order valence-electron chi connectivity index (χ4n) is 3.70. The first-order valence-corrected chi connectivity index (χ1v) is 10.7. The lowest BCUT2D eigenvalue weighted by Crippen LogP contribution is -2.47. The van der Waals surface area contributed by atoms with E-state index in [0.29, 0.717) is 31.8 Å². The Bertz CT molecular complexity index is 742. The summed E-state index contributed by atoms with van der Waals surface area (Å²) in [5.41, 5.74) is 0.910. The fraction of sp³-hybridized carbons (Fsp3) is 0.550. The van der Waals surface area contributed by atoms with Crippen molar-refractivity contribution in [1.82, 2.24) is 10.2 Å². The molecule has 1 saturated carbocycles. The number of anilines is 1. The largest absolute Gasteiger partial charge is 0.353 e. The summed E-state index contributed by atoms with van der Waals surface area (Å²) in [6.45, 7) is 1.78. The van der Waals surface area contributed by atoms with Crippen molar-refractivity contribution in [2.75, 3.05) is 30.3 Å². The summed E-state index contributed by atoms with van der Waals surface area (Å²) in [4.78, 5) is 41.5. The zero-order valence-electron chi connectivity index (χ0n) is 15.4. The van der Waals surface area contributed by atoms with Crippen molar-refractivity contribution in [2.24, 2.45) is 5.92 Å². The highest BCUT2D eigenvalue weighted by atomic mass is 32.2. The lowest BCUT2D eigenvalue weighted by molar-refractivity contribution is -0.132. The highest BCUT2D eigenvalue weighted by molar-refractivity contribution is 8.00. The van der Waals surface area contributed by atoms with Crippen molar-refractivity contribution in [3.8, 4) is 0 Å². The molecule has 3 aliphatic rings. The molecule has 0 bridgehead atoms. The minimum atomic E-state index is 0.0630. The van der Waals surface area contributed by atoms with Gasteiger partial charge < -0.3 is 15.1 Å². The number of rotatable bonds is 5. The third-order valence-electron chi connectivity index (χ3n) is 5.50. The van der Waals surface area contributed by atoms with Crippen LogP contribution in [0.3, 0.4) is 0 Å². The van der Waals surface area contributed by atoms with Gasteiger partial charge in [0.2, 0.25) is 17.7 Å². The molecule has 7 heteroatoms. The van der Waals surface area contributed by atoms with Crippen LogP contribution in [0.25, 0.3) is 0 Å². The van der Waals surface area contributed by atoms with Crippen LogP contribution in [0.1, 0.15) is 32.1 Å². The number of amides is 3. The van der Waals surface area contributed by atoms with Gasteiger partial charge >= 0.3 is 0 Å². The second kappa shape index (κ2) is 7.92.